The van der Waals surface area contributed by atoms with Gasteiger partial charge in [0, 0.05) is 42.9 Å². The monoisotopic (exact) mass is 387 g/mol. The predicted octanol–water partition coefficient (Wildman–Crippen LogP) is 4.19. The smallest absolute Gasteiger partial charge is 0.277 e. The maximum atomic E-state index is 13.3. The molecule has 29 heavy (non-hydrogen) atoms. The number of benzene rings is 2. The van der Waals surface area contributed by atoms with E-state index >= 15 is 0 Å². The number of hydrogen-bond donors (Lipinski definition) is 1. The quantitative estimate of drug-likeness (QED) is 0.727. The van der Waals surface area contributed by atoms with Crippen molar-refractivity contribution in [3.05, 3.63) is 71.5 Å². The van der Waals surface area contributed by atoms with Crippen molar-refractivity contribution < 1.29 is 4.79 Å². The number of aryl methyl sites for hydroxylation is 1. The maximum absolute atomic E-state index is 13.3. The van der Waals surface area contributed by atoms with Crippen LogP contribution in [0.15, 0.2) is 54.6 Å². The van der Waals surface area contributed by atoms with E-state index in [0.29, 0.717) is 11.6 Å². The Labute approximate surface area is 171 Å². The second-order valence-corrected chi connectivity index (χ2v) is 7.64. The van der Waals surface area contributed by atoms with Crippen LogP contribution in [0.2, 0.25) is 0 Å². The van der Waals surface area contributed by atoms with Crippen LogP contribution < -0.4 is 15.1 Å². The second-order valence-electron chi connectivity index (χ2n) is 7.64. The third-order valence-electron chi connectivity index (χ3n) is 5.14. The highest BCUT2D eigenvalue weighted by Gasteiger charge is 2.32. The van der Waals surface area contributed by atoms with Gasteiger partial charge in [0.25, 0.3) is 5.91 Å². The molecule has 1 aliphatic heterocycles. The first-order valence-electron chi connectivity index (χ1n) is 9.74. The third kappa shape index (κ3) is 3.78. The van der Waals surface area contributed by atoms with Gasteiger partial charge >= 0.3 is 0 Å². The molecule has 0 spiro atoms. The zero-order chi connectivity index (χ0) is 20.5. The summed E-state index contributed by atoms with van der Waals surface area (Å²) in [6.07, 6.45) is 0.856. The Morgan fingerprint density at radius 2 is 1.83 bits per heavy atom. The highest BCUT2D eigenvalue weighted by Crippen LogP contribution is 2.33. The van der Waals surface area contributed by atoms with Crippen LogP contribution >= 0.6 is 0 Å². The molecule has 148 valence electrons. The van der Waals surface area contributed by atoms with Crippen molar-refractivity contribution in [3.8, 4) is 0 Å². The van der Waals surface area contributed by atoms with E-state index in [4.69, 9.17) is 0 Å². The number of fused-ring (bicyclic) bond motifs is 1. The van der Waals surface area contributed by atoms with Crippen LogP contribution in [0.25, 0.3) is 0 Å². The number of rotatable bonds is 4. The molecule has 4 rings (SSSR count). The number of aromatic nitrogens is 2. The van der Waals surface area contributed by atoms with Crippen molar-refractivity contribution in [2.24, 2.45) is 0 Å². The molecule has 2 aromatic carbocycles. The van der Waals surface area contributed by atoms with Gasteiger partial charge in [-0.3, -0.25) is 4.79 Å². The zero-order valence-electron chi connectivity index (χ0n) is 17.2. The van der Waals surface area contributed by atoms with Crippen molar-refractivity contribution >= 4 is 28.9 Å². The van der Waals surface area contributed by atoms with Crippen LogP contribution in [0.5, 0.6) is 0 Å². The maximum Gasteiger partial charge on any atom is 0.277 e. The van der Waals surface area contributed by atoms with Crippen LogP contribution in [0.1, 0.15) is 28.7 Å². The number of carbonyl (C=O) groups excluding carboxylic acids is 1. The molecule has 0 saturated heterocycles. The van der Waals surface area contributed by atoms with Crippen LogP contribution in [0, 0.1) is 6.92 Å². The van der Waals surface area contributed by atoms with E-state index < -0.39 is 0 Å². The normalized spacial score (nSPS) is 15.2. The van der Waals surface area contributed by atoms with Crippen molar-refractivity contribution in [1.82, 2.24) is 9.97 Å². The Kier molecular flexibility index (Phi) is 4.92. The highest BCUT2D eigenvalue weighted by atomic mass is 16.2. The van der Waals surface area contributed by atoms with E-state index in [1.165, 1.54) is 5.56 Å². The molecule has 0 saturated carbocycles. The third-order valence-corrected chi connectivity index (χ3v) is 5.14. The van der Waals surface area contributed by atoms with E-state index in [-0.39, 0.29) is 11.9 Å². The molecule has 1 aromatic heterocycles. The van der Waals surface area contributed by atoms with E-state index in [1.54, 1.807) is 6.07 Å². The molecule has 6 heteroatoms. The Morgan fingerprint density at radius 3 is 2.55 bits per heavy atom. The predicted molar refractivity (Wildman–Crippen MR) is 117 cm³/mol. The first-order valence-corrected chi connectivity index (χ1v) is 9.74. The SMILES string of the molecule is Cc1cc(C(=O)N2c3ccccc3CC2C)nc(Nc2ccc(N(C)C)cc2)n1. The molecular formula is C23H25N5O. The number of amides is 1. The van der Waals surface area contributed by atoms with Gasteiger partial charge in [-0.05, 0) is 62.2 Å². The molecule has 0 bridgehead atoms. The molecule has 1 aliphatic rings. The average Bonchev–Trinajstić information content (AvgIpc) is 3.03. The van der Waals surface area contributed by atoms with Gasteiger partial charge in [0.1, 0.15) is 5.69 Å². The number of hydrogen-bond acceptors (Lipinski definition) is 5. The van der Waals surface area contributed by atoms with E-state index in [0.717, 1.165) is 29.2 Å². The number of nitrogens with one attached hydrogen (secondary N) is 1. The van der Waals surface area contributed by atoms with E-state index in [9.17, 15) is 4.79 Å². The Hall–Kier alpha value is -3.41. The van der Waals surface area contributed by atoms with Crippen molar-refractivity contribution in [2.45, 2.75) is 26.3 Å². The number of carbonyl (C=O) groups is 1. The molecule has 3 aromatic rings. The van der Waals surface area contributed by atoms with Gasteiger partial charge in [-0.15, -0.1) is 0 Å². The lowest BCUT2D eigenvalue weighted by molar-refractivity contribution is 0.0976. The molecule has 1 unspecified atom stereocenters. The first-order chi connectivity index (χ1) is 13.9. The summed E-state index contributed by atoms with van der Waals surface area (Å²) in [5.74, 6) is 0.324. The molecular weight excluding hydrogens is 362 g/mol. The van der Waals surface area contributed by atoms with Crippen LogP contribution in [0.3, 0.4) is 0 Å². The van der Waals surface area contributed by atoms with Gasteiger partial charge in [0.2, 0.25) is 5.95 Å². The van der Waals surface area contributed by atoms with Gasteiger partial charge in [-0.25, -0.2) is 9.97 Å². The summed E-state index contributed by atoms with van der Waals surface area (Å²) in [4.78, 5) is 26.1. The lowest BCUT2D eigenvalue weighted by atomic mass is 10.1. The standard InChI is InChI=1S/C23H25N5O/c1-15-13-20(22(29)28-16(2)14-17-7-5-6-8-21(17)28)26-23(24-15)25-18-9-11-19(12-10-18)27(3)4/h5-13,16H,14H2,1-4H3,(H,24,25,26). The Balaban J connectivity index is 1.61. The first kappa shape index (κ1) is 18.9. The van der Waals surface area contributed by atoms with E-state index in [1.807, 2.05) is 73.3 Å². The summed E-state index contributed by atoms with van der Waals surface area (Å²) < 4.78 is 0. The van der Waals surface area contributed by atoms with Crippen LogP contribution in [-0.4, -0.2) is 36.0 Å². The summed E-state index contributed by atoms with van der Waals surface area (Å²) in [6, 6.07) is 17.9. The second kappa shape index (κ2) is 7.54. The minimum absolute atomic E-state index is 0.0982. The van der Waals surface area contributed by atoms with Crippen LogP contribution in [0.4, 0.5) is 23.0 Å². The zero-order valence-corrected chi connectivity index (χ0v) is 17.2. The number of nitrogens with zero attached hydrogens (tertiary/aromatic N) is 4. The van der Waals surface area contributed by atoms with Gasteiger partial charge in [-0.1, -0.05) is 18.2 Å². The molecule has 0 radical (unpaired) electrons. The minimum atomic E-state index is -0.0982. The van der Waals surface area contributed by atoms with Crippen molar-refractivity contribution in [2.75, 3.05) is 29.2 Å². The Bertz CT molecular complexity index is 1050. The lowest BCUT2D eigenvalue weighted by Gasteiger charge is -2.22. The molecule has 1 atom stereocenters. The molecule has 1 N–H and O–H groups in total. The molecule has 1 amide bonds. The van der Waals surface area contributed by atoms with Gasteiger partial charge in [0.05, 0.1) is 0 Å². The van der Waals surface area contributed by atoms with Gasteiger partial charge in [0.15, 0.2) is 0 Å². The van der Waals surface area contributed by atoms with E-state index in [2.05, 4.69) is 28.3 Å². The van der Waals surface area contributed by atoms with Crippen LogP contribution in [-0.2, 0) is 6.42 Å². The number of anilines is 4. The summed E-state index contributed by atoms with van der Waals surface area (Å²) in [7, 11) is 4.00. The lowest BCUT2D eigenvalue weighted by Crippen LogP contribution is -2.36. The number of para-hydroxylation sites is 1. The van der Waals surface area contributed by atoms with Gasteiger partial charge < -0.3 is 15.1 Å². The highest BCUT2D eigenvalue weighted by molar-refractivity contribution is 6.06. The fourth-order valence-corrected chi connectivity index (χ4v) is 3.70. The average molecular weight is 387 g/mol. The summed E-state index contributed by atoms with van der Waals surface area (Å²) in [5, 5.41) is 3.22. The van der Waals surface area contributed by atoms with Crippen molar-refractivity contribution in [1.29, 1.82) is 0 Å². The van der Waals surface area contributed by atoms with Crippen molar-refractivity contribution in [3.63, 3.8) is 0 Å². The molecule has 0 aliphatic carbocycles. The fraction of sp³-hybridized carbons (Fsp3) is 0.261. The molecule has 6 nitrogen and oxygen atoms in total. The summed E-state index contributed by atoms with van der Waals surface area (Å²) in [6.45, 7) is 3.94. The molecule has 2 heterocycles. The summed E-state index contributed by atoms with van der Waals surface area (Å²) in [5.41, 5.74) is 5.29. The minimum Gasteiger partial charge on any atom is -0.378 e. The molecule has 0 fully saturated rings. The fourth-order valence-electron chi connectivity index (χ4n) is 3.70. The largest absolute Gasteiger partial charge is 0.378 e. The van der Waals surface area contributed by atoms with Gasteiger partial charge in [-0.2, -0.15) is 0 Å². The Morgan fingerprint density at radius 1 is 1.10 bits per heavy atom. The summed E-state index contributed by atoms with van der Waals surface area (Å²) >= 11 is 0. The topological polar surface area (TPSA) is 61.4 Å².